The van der Waals surface area contributed by atoms with Crippen LogP contribution in [-0.4, -0.2) is 24.9 Å². The van der Waals surface area contributed by atoms with Gasteiger partial charge in [-0.25, -0.2) is 0 Å². The molecule has 2 aromatic rings. The molecule has 15 heavy (non-hydrogen) atoms. The normalized spacial score (nSPS) is 10.5. The molecule has 0 unspecified atom stereocenters. The molecule has 0 N–H and O–H groups in total. The summed E-state index contributed by atoms with van der Waals surface area (Å²) in [7, 11) is 1.63. The van der Waals surface area contributed by atoms with Crippen LogP contribution in [0, 0.1) is 17.0 Å². The lowest BCUT2D eigenvalue weighted by Crippen LogP contribution is -1.89. The van der Waals surface area contributed by atoms with Gasteiger partial charge in [-0.05, 0) is 6.92 Å². The highest BCUT2D eigenvalue weighted by Crippen LogP contribution is 2.29. The molecule has 0 bridgehead atoms. The molecule has 0 aliphatic rings. The number of rotatable bonds is 2. The SMILES string of the molecule is Cc1nnc(-c2nn(C)cc2[N+](=O)[O-])s1. The summed E-state index contributed by atoms with van der Waals surface area (Å²) in [5.74, 6) is 0. The van der Waals surface area contributed by atoms with Crippen LogP contribution >= 0.6 is 11.3 Å². The zero-order valence-corrected chi connectivity index (χ0v) is 8.85. The fourth-order valence-corrected chi connectivity index (χ4v) is 1.84. The Bertz CT molecular complexity index is 517. The Labute approximate surface area is 88.5 Å². The molecule has 7 nitrogen and oxygen atoms in total. The van der Waals surface area contributed by atoms with Gasteiger partial charge in [0, 0.05) is 7.05 Å². The molecule has 0 aliphatic carbocycles. The smallest absolute Gasteiger partial charge is 0.268 e. The Morgan fingerprint density at radius 3 is 2.80 bits per heavy atom. The van der Waals surface area contributed by atoms with Crippen molar-refractivity contribution in [3.63, 3.8) is 0 Å². The van der Waals surface area contributed by atoms with E-state index in [1.165, 1.54) is 22.2 Å². The molecular formula is C7H7N5O2S. The van der Waals surface area contributed by atoms with E-state index in [-0.39, 0.29) is 11.4 Å². The van der Waals surface area contributed by atoms with E-state index in [0.29, 0.717) is 5.01 Å². The Hall–Kier alpha value is -1.83. The quantitative estimate of drug-likeness (QED) is 0.565. The minimum Gasteiger partial charge on any atom is -0.268 e. The van der Waals surface area contributed by atoms with Crippen LogP contribution in [0.25, 0.3) is 10.7 Å². The summed E-state index contributed by atoms with van der Waals surface area (Å²) in [4.78, 5) is 10.3. The molecular weight excluding hydrogens is 218 g/mol. The third-order valence-electron chi connectivity index (χ3n) is 1.73. The van der Waals surface area contributed by atoms with E-state index < -0.39 is 4.92 Å². The minimum atomic E-state index is -0.473. The van der Waals surface area contributed by atoms with Crippen LogP contribution < -0.4 is 0 Å². The lowest BCUT2D eigenvalue weighted by Gasteiger charge is -1.87. The molecule has 0 aliphatic heterocycles. The Balaban J connectivity index is 2.56. The van der Waals surface area contributed by atoms with Crippen molar-refractivity contribution >= 4 is 17.0 Å². The second-order valence-electron chi connectivity index (χ2n) is 2.92. The Kier molecular flexibility index (Phi) is 2.19. The van der Waals surface area contributed by atoms with Gasteiger partial charge in [0.05, 0.1) is 4.92 Å². The highest BCUT2D eigenvalue weighted by molar-refractivity contribution is 7.14. The van der Waals surface area contributed by atoms with Crippen molar-refractivity contribution in [3.05, 3.63) is 21.3 Å². The second-order valence-corrected chi connectivity index (χ2v) is 4.10. The van der Waals surface area contributed by atoms with Gasteiger partial charge in [0.2, 0.25) is 5.69 Å². The number of aryl methyl sites for hydroxylation is 2. The molecule has 0 saturated carbocycles. The van der Waals surface area contributed by atoms with Crippen LogP contribution in [0.4, 0.5) is 5.69 Å². The van der Waals surface area contributed by atoms with Gasteiger partial charge < -0.3 is 0 Å². The average Bonchev–Trinajstić information content (AvgIpc) is 2.71. The summed E-state index contributed by atoms with van der Waals surface area (Å²) in [6.45, 7) is 1.79. The van der Waals surface area contributed by atoms with Crippen molar-refractivity contribution in [1.29, 1.82) is 0 Å². The first-order valence-electron chi connectivity index (χ1n) is 4.06. The average molecular weight is 225 g/mol. The predicted molar refractivity (Wildman–Crippen MR) is 53.5 cm³/mol. The van der Waals surface area contributed by atoms with E-state index in [1.807, 2.05) is 0 Å². The summed E-state index contributed by atoms with van der Waals surface area (Å²) in [5, 5.41) is 23.6. The zero-order chi connectivity index (χ0) is 11.0. The van der Waals surface area contributed by atoms with Gasteiger partial charge >= 0.3 is 5.69 Å². The topological polar surface area (TPSA) is 86.7 Å². The van der Waals surface area contributed by atoms with Crippen molar-refractivity contribution in [2.75, 3.05) is 0 Å². The molecule has 0 spiro atoms. The fourth-order valence-electron chi connectivity index (χ4n) is 1.15. The van der Waals surface area contributed by atoms with Crippen LogP contribution in [0.2, 0.25) is 0 Å². The molecule has 78 valence electrons. The van der Waals surface area contributed by atoms with Gasteiger partial charge in [-0.2, -0.15) is 5.10 Å². The molecule has 0 aromatic carbocycles. The van der Waals surface area contributed by atoms with E-state index in [9.17, 15) is 10.1 Å². The van der Waals surface area contributed by atoms with Gasteiger partial charge in [-0.3, -0.25) is 14.8 Å². The molecule has 0 fully saturated rings. The van der Waals surface area contributed by atoms with Crippen LogP contribution in [-0.2, 0) is 7.05 Å². The third-order valence-corrected chi connectivity index (χ3v) is 2.58. The minimum absolute atomic E-state index is 0.0475. The lowest BCUT2D eigenvalue weighted by molar-refractivity contribution is -0.384. The fraction of sp³-hybridized carbons (Fsp3) is 0.286. The Morgan fingerprint density at radius 1 is 1.53 bits per heavy atom. The maximum atomic E-state index is 10.7. The number of nitro groups is 1. The number of hydrogen-bond donors (Lipinski definition) is 0. The van der Waals surface area contributed by atoms with Gasteiger partial charge in [0.1, 0.15) is 11.2 Å². The largest absolute Gasteiger partial charge is 0.317 e. The first kappa shape index (κ1) is 9.71. The number of nitrogens with zero attached hydrogens (tertiary/aromatic N) is 5. The third kappa shape index (κ3) is 1.71. The molecule has 8 heteroatoms. The summed E-state index contributed by atoms with van der Waals surface area (Å²) >= 11 is 1.28. The van der Waals surface area contributed by atoms with E-state index in [0.717, 1.165) is 5.01 Å². The van der Waals surface area contributed by atoms with Gasteiger partial charge in [0.15, 0.2) is 5.01 Å². The number of aromatic nitrogens is 4. The first-order valence-corrected chi connectivity index (χ1v) is 4.88. The molecule has 0 amide bonds. The maximum Gasteiger partial charge on any atom is 0.317 e. The van der Waals surface area contributed by atoms with E-state index >= 15 is 0 Å². The molecule has 0 radical (unpaired) electrons. The predicted octanol–water partition coefficient (Wildman–Crippen LogP) is 1.16. The standard InChI is InChI=1S/C7H7N5O2S/c1-4-8-9-7(15-4)6-5(12(13)14)3-11(2)10-6/h3H,1-2H3. The highest BCUT2D eigenvalue weighted by Gasteiger charge is 2.22. The van der Waals surface area contributed by atoms with Crippen molar-refractivity contribution in [1.82, 2.24) is 20.0 Å². The summed E-state index contributed by atoms with van der Waals surface area (Å²) in [6.07, 6.45) is 1.35. The van der Waals surface area contributed by atoms with E-state index in [1.54, 1.807) is 14.0 Å². The molecule has 2 rings (SSSR count). The van der Waals surface area contributed by atoms with Crippen LogP contribution in [0.3, 0.4) is 0 Å². The number of hydrogen-bond acceptors (Lipinski definition) is 6. The zero-order valence-electron chi connectivity index (χ0n) is 8.04. The molecule has 2 heterocycles. The summed E-state index contributed by atoms with van der Waals surface area (Å²) < 4.78 is 1.39. The van der Waals surface area contributed by atoms with Gasteiger partial charge in [-0.15, -0.1) is 10.2 Å². The summed E-state index contributed by atoms with van der Waals surface area (Å²) in [5.41, 5.74) is 0.224. The Morgan fingerprint density at radius 2 is 2.27 bits per heavy atom. The van der Waals surface area contributed by atoms with Crippen molar-refractivity contribution in [3.8, 4) is 10.7 Å². The molecule has 0 saturated heterocycles. The molecule has 0 atom stereocenters. The molecule has 2 aromatic heterocycles. The first-order chi connectivity index (χ1) is 7.08. The van der Waals surface area contributed by atoms with Crippen molar-refractivity contribution in [2.45, 2.75) is 6.92 Å². The van der Waals surface area contributed by atoms with Crippen molar-refractivity contribution in [2.24, 2.45) is 7.05 Å². The van der Waals surface area contributed by atoms with Gasteiger partial charge in [0.25, 0.3) is 0 Å². The maximum absolute atomic E-state index is 10.7. The summed E-state index contributed by atoms with van der Waals surface area (Å²) in [6, 6.07) is 0. The van der Waals surface area contributed by atoms with Crippen LogP contribution in [0.1, 0.15) is 5.01 Å². The van der Waals surface area contributed by atoms with E-state index in [4.69, 9.17) is 0 Å². The second kappa shape index (κ2) is 3.39. The van der Waals surface area contributed by atoms with Gasteiger partial charge in [-0.1, -0.05) is 11.3 Å². The highest BCUT2D eigenvalue weighted by atomic mass is 32.1. The van der Waals surface area contributed by atoms with Crippen molar-refractivity contribution < 1.29 is 4.92 Å². The lowest BCUT2D eigenvalue weighted by atomic mass is 10.4. The monoisotopic (exact) mass is 225 g/mol. The van der Waals surface area contributed by atoms with Crippen LogP contribution in [0.5, 0.6) is 0 Å². The van der Waals surface area contributed by atoms with E-state index in [2.05, 4.69) is 15.3 Å². The van der Waals surface area contributed by atoms with Crippen LogP contribution in [0.15, 0.2) is 6.20 Å².